The van der Waals surface area contributed by atoms with Crippen LogP contribution in [0.5, 0.6) is 0 Å². The van der Waals surface area contributed by atoms with Gasteiger partial charge in [0.15, 0.2) is 11.5 Å². The lowest BCUT2D eigenvalue weighted by Crippen LogP contribution is -2.43. The van der Waals surface area contributed by atoms with Crippen LogP contribution in [0.1, 0.15) is 48.7 Å². The molecule has 9 heteroatoms. The van der Waals surface area contributed by atoms with Crippen LogP contribution in [0.25, 0.3) is 11.3 Å². The minimum Gasteiger partial charge on any atom is -0.355 e. The van der Waals surface area contributed by atoms with Crippen molar-refractivity contribution < 1.29 is 22.1 Å². The number of amides is 1. The number of hydrogen-bond acceptors (Lipinski definition) is 5. The normalized spacial score (nSPS) is 17.1. The summed E-state index contributed by atoms with van der Waals surface area (Å²) in [6.45, 7) is 4.17. The number of nitrogens with one attached hydrogen (secondary N) is 1. The van der Waals surface area contributed by atoms with E-state index in [-0.39, 0.29) is 22.4 Å². The third kappa shape index (κ3) is 4.84. The summed E-state index contributed by atoms with van der Waals surface area (Å²) in [5, 5.41) is 6.48. The number of carbonyl (C=O) groups excluding carboxylic acids is 1. The third-order valence-corrected chi connectivity index (χ3v) is 7.91. The highest BCUT2D eigenvalue weighted by atomic mass is 32.2. The van der Waals surface area contributed by atoms with Crippen LogP contribution in [0.4, 0.5) is 10.1 Å². The Bertz CT molecular complexity index is 1250. The zero-order valence-electron chi connectivity index (χ0n) is 18.5. The van der Waals surface area contributed by atoms with Crippen LogP contribution in [0.2, 0.25) is 0 Å². The first kappa shape index (κ1) is 23.1. The Hall–Kier alpha value is -3.04. The van der Waals surface area contributed by atoms with Crippen molar-refractivity contribution in [3.8, 4) is 11.3 Å². The van der Waals surface area contributed by atoms with Crippen LogP contribution in [-0.2, 0) is 10.0 Å². The molecule has 1 fully saturated rings. The van der Waals surface area contributed by atoms with Crippen molar-refractivity contribution >= 4 is 21.6 Å². The molecule has 33 heavy (non-hydrogen) atoms. The van der Waals surface area contributed by atoms with Gasteiger partial charge in [0, 0.05) is 29.9 Å². The Morgan fingerprint density at radius 1 is 1.18 bits per heavy atom. The highest BCUT2D eigenvalue weighted by Gasteiger charge is 2.32. The third-order valence-electron chi connectivity index (χ3n) is 5.95. The zero-order valence-corrected chi connectivity index (χ0v) is 19.4. The molecule has 1 aliphatic rings. The standard InChI is InChI=1S/C24H26FN3O4S/c1-3-19-6-4-5-13-28(19)33(30,31)20-10-8-18(9-11-20)26-24(29)22-15-23(32-27-22)17-7-12-21(25)16(2)14-17/h7-12,14-15,19H,3-6,13H2,1-2H3,(H,26,29)/t19-/m0/s1. The van der Waals surface area contributed by atoms with Gasteiger partial charge in [-0.15, -0.1) is 0 Å². The summed E-state index contributed by atoms with van der Waals surface area (Å²) in [4.78, 5) is 12.8. The molecule has 2 aromatic carbocycles. The Morgan fingerprint density at radius 3 is 2.64 bits per heavy atom. The number of aromatic nitrogens is 1. The van der Waals surface area contributed by atoms with Gasteiger partial charge in [0.1, 0.15) is 5.82 Å². The number of anilines is 1. The Kier molecular flexibility index (Phi) is 6.62. The highest BCUT2D eigenvalue weighted by molar-refractivity contribution is 7.89. The van der Waals surface area contributed by atoms with E-state index in [1.807, 2.05) is 6.92 Å². The molecule has 0 spiro atoms. The molecule has 1 N–H and O–H groups in total. The van der Waals surface area contributed by atoms with Crippen LogP contribution in [0, 0.1) is 12.7 Å². The predicted molar refractivity (Wildman–Crippen MR) is 123 cm³/mol. The van der Waals surface area contributed by atoms with Gasteiger partial charge >= 0.3 is 0 Å². The Labute approximate surface area is 192 Å². The minimum absolute atomic E-state index is 0.0226. The van der Waals surface area contributed by atoms with Crippen LogP contribution >= 0.6 is 0 Å². The zero-order chi connectivity index (χ0) is 23.6. The smallest absolute Gasteiger partial charge is 0.277 e. The van der Waals surface area contributed by atoms with Crippen LogP contribution in [-0.4, -0.2) is 36.4 Å². The van der Waals surface area contributed by atoms with E-state index in [1.54, 1.807) is 35.5 Å². The molecule has 1 aliphatic heterocycles. The number of sulfonamides is 1. The molecule has 0 aliphatic carbocycles. The molecule has 1 aromatic heterocycles. The van der Waals surface area contributed by atoms with E-state index in [1.165, 1.54) is 24.3 Å². The van der Waals surface area contributed by atoms with Gasteiger partial charge in [0.25, 0.3) is 5.91 Å². The van der Waals surface area contributed by atoms with Gasteiger partial charge in [0.2, 0.25) is 10.0 Å². The molecule has 2 heterocycles. The van der Waals surface area contributed by atoms with Gasteiger partial charge in [-0.05, 0) is 74.2 Å². The molecule has 7 nitrogen and oxygen atoms in total. The summed E-state index contributed by atoms with van der Waals surface area (Å²) in [5.41, 5.74) is 1.56. The van der Waals surface area contributed by atoms with Gasteiger partial charge in [-0.3, -0.25) is 4.79 Å². The topological polar surface area (TPSA) is 92.5 Å². The lowest BCUT2D eigenvalue weighted by atomic mass is 10.0. The summed E-state index contributed by atoms with van der Waals surface area (Å²) < 4.78 is 46.5. The second-order valence-corrected chi connectivity index (χ2v) is 10.1. The van der Waals surface area contributed by atoms with Gasteiger partial charge in [-0.2, -0.15) is 4.31 Å². The molecule has 0 radical (unpaired) electrons. The monoisotopic (exact) mass is 471 g/mol. The van der Waals surface area contributed by atoms with Crippen LogP contribution < -0.4 is 5.32 Å². The Morgan fingerprint density at radius 2 is 1.94 bits per heavy atom. The fourth-order valence-electron chi connectivity index (χ4n) is 4.06. The number of halogens is 1. The first-order valence-electron chi connectivity index (χ1n) is 11.0. The van der Waals surface area contributed by atoms with Gasteiger partial charge in [0.05, 0.1) is 4.90 Å². The lowest BCUT2D eigenvalue weighted by molar-refractivity contribution is 0.101. The summed E-state index contributed by atoms with van der Waals surface area (Å²) in [7, 11) is -3.59. The maximum Gasteiger partial charge on any atom is 0.277 e. The van der Waals surface area contributed by atoms with Crippen molar-refractivity contribution in [2.45, 2.75) is 50.5 Å². The predicted octanol–water partition coefficient (Wildman–Crippen LogP) is 4.99. The van der Waals surface area contributed by atoms with Crippen LogP contribution in [0.15, 0.2) is 57.9 Å². The van der Waals surface area contributed by atoms with Crippen molar-refractivity contribution in [1.29, 1.82) is 0 Å². The largest absolute Gasteiger partial charge is 0.355 e. The molecule has 1 amide bonds. The molecular formula is C24H26FN3O4S. The summed E-state index contributed by atoms with van der Waals surface area (Å²) in [6, 6.07) is 12.1. The number of rotatable bonds is 6. The van der Waals surface area contributed by atoms with E-state index in [0.717, 1.165) is 25.7 Å². The average Bonchev–Trinajstić information content (AvgIpc) is 3.32. The molecule has 0 unspecified atom stereocenters. The van der Waals surface area contributed by atoms with Crippen molar-refractivity contribution in [2.75, 3.05) is 11.9 Å². The van der Waals surface area contributed by atoms with Crippen molar-refractivity contribution in [1.82, 2.24) is 9.46 Å². The molecule has 3 aromatic rings. The average molecular weight is 472 g/mol. The van der Waals surface area contributed by atoms with Gasteiger partial charge < -0.3 is 9.84 Å². The summed E-state index contributed by atoms with van der Waals surface area (Å²) >= 11 is 0. The highest BCUT2D eigenvalue weighted by Crippen LogP contribution is 2.28. The first-order valence-corrected chi connectivity index (χ1v) is 12.4. The SMILES string of the molecule is CC[C@H]1CCCCN1S(=O)(=O)c1ccc(NC(=O)c2cc(-c3ccc(F)c(C)c3)on2)cc1. The van der Waals surface area contributed by atoms with Gasteiger partial charge in [-0.1, -0.05) is 18.5 Å². The van der Waals surface area contributed by atoms with E-state index >= 15 is 0 Å². The molecule has 1 saturated heterocycles. The maximum atomic E-state index is 13.5. The fourth-order valence-corrected chi connectivity index (χ4v) is 5.82. The molecule has 0 saturated carbocycles. The number of hydrogen-bond donors (Lipinski definition) is 1. The van der Waals surface area contributed by atoms with Crippen molar-refractivity contribution in [3.05, 3.63) is 65.6 Å². The van der Waals surface area contributed by atoms with Gasteiger partial charge in [-0.25, -0.2) is 12.8 Å². The lowest BCUT2D eigenvalue weighted by Gasteiger charge is -2.34. The van der Waals surface area contributed by atoms with E-state index in [4.69, 9.17) is 4.52 Å². The quantitative estimate of drug-likeness (QED) is 0.546. The minimum atomic E-state index is -3.59. The summed E-state index contributed by atoms with van der Waals surface area (Å²) in [5.74, 6) is -0.481. The molecule has 174 valence electrons. The fraction of sp³-hybridized carbons (Fsp3) is 0.333. The van der Waals surface area contributed by atoms with Crippen molar-refractivity contribution in [2.24, 2.45) is 0 Å². The van der Waals surface area contributed by atoms with E-state index in [2.05, 4.69) is 10.5 Å². The number of nitrogens with zero attached hydrogens (tertiary/aromatic N) is 2. The molecule has 1 atom stereocenters. The second-order valence-electron chi connectivity index (χ2n) is 8.19. The first-order chi connectivity index (χ1) is 15.8. The number of carbonyl (C=O) groups is 1. The molecule has 0 bridgehead atoms. The van der Waals surface area contributed by atoms with E-state index in [0.29, 0.717) is 29.1 Å². The molecular weight excluding hydrogens is 445 g/mol. The number of benzene rings is 2. The second kappa shape index (κ2) is 9.44. The van der Waals surface area contributed by atoms with E-state index in [9.17, 15) is 17.6 Å². The van der Waals surface area contributed by atoms with Crippen LogP contribution in [0.3, 0.4) is 0 Å². The summed E-state index contributed by atoms with van der Waals surface area (Å²) in [6.07, 6.45) is 3.56. The Balaban J connectivity index is 1.46. The molecule has 4 rings (SSSR count). The number of aryl methyl sites for hydroxylation is 1. The van der Waals surface area contributed by atoms with Crippen molar-refractivity contribution in [3.63, 3.8) is 0 Å². The van der Waals surface area contributed by atoms with E-state index < -0.39 is 15.9 Å². The number of piperidine rings is 1. The maximum absolute atomic E-state index is 13.5.